The molecule has 1 aliphatic carbocycles. The van der Waals surface area contributed by atoms with Crippen LogP contribution in [0.15, 0.2) is 48.5 Å². The molecule has 1 heterocycles. The number of β-amino-alcohol motifs (C(OH)–C–C–N with tert-alkyl or cyclic N) is 1. The fraction of sp³-hybridized carbons (Fsp3) is 0.409. The number of rotatable bonds is 9. The van der Waals surface area contributed by atoms with E-state index < -0.39 is 6.10 Å². The van der Waals surface area contributed by atoms with Crippen LogP contribution < -0.4 is 14.8 Å². The van der Waals surface area contributed by atoms with Gasteiger partial charge in [-0.3, -0.25) is 9.69 Å². The van der Waals surface area contributed by atoms with E-state index in [2.05, 4.69) is 10.2 Å². The molecule has 2 unspecified atom stereocenters. The number of carbonyl (C=O) groups is 1. The Morgan fingerprint density at radius 2 is 1.53 bits per heavy atom. The van der Waals surface area contributed by atoms with E-state index in [9.17, 15) is 9.90 Å². The van der Waals surface area contributed by atoms with Crippen LogP contribution >= 0.6 is 23.2 Å². The largest absolute Gasteiger partial charge is 0.491 e. The summed E-state index contributed by atoms with van der Waals surface area (Å²) in [6, 6.07) is 14.2. The van der Waals surface area contributed by atoms with Crippen molar-refractivity contribution in [1.29, 1.82) is 0 Å². The van der Waals surface area contributed by atoms with Crippen molar-refractivity contribution in [3.63, 3.8) is 0 Å². The fourth-order valence-electron chi connectivity index (χ4n) is 3.96. The summed E-state index contributed by atoms with van der Waals surface area (Å²) in [6.45, 7) is 2.51. The number of likely N-dealkylation sites (tertiary alicyclic amines) is 1. The van der Waals surface area contributed by atoms with Crippen LogP contribution in [0, 0.1) is 11.8 Å². The Labute approximate surface area is 185 Å². The quantitative estimate of drug-likeness (QED) is 0.614. The molecule has 4 rings (SSSR count). The molecule has 1 amide bonds. The zero-order valence-electron chi connectivity index (χ0n) is 16.3. The number of aliphatic hydroxyl groups excluding tert-OH is 1. The molecule has 2 fully saturated rings. The fourth-order valence-corrected chi connectivity index (χ4v) is 4.21. The lowest BCUT2D eigenvalue weighted by Gasteiger charge is -2.23. The average Bonchev–Trinajstić information content (AvgIpc) is 3.16. The highest BCUT2D eigenvalue weighted by molar-refractivity contribution is 6.30. The summed E-state index contributed by atoms with van der Waals surface area (Å²) < 4.78 is 11.1. The third kappa shape index (κ3) is 5.58. The lowest BCUT2D eigenvalue weighted by atomic mass is 10.3. The molecule has 6 nitrogen and oxygen atoms in total. The Morgan fingerprint density at radius 1 is 1.00 bits per heavy atom. The Hall–Kier alpha value is -1.99. The number of nitrogens with one attached hydrogen (secondary N) is 1. The minimum atomic E-state index is -0.570. The van der Waals surface area contributed by atoms with Crippen molar-refractivity contribution in [2.45, 2.75) is 12.1 Å². The lowest BCUT2D eigenvalue weighted by molar-refractivity contribution is -0.123. The maximum Gasteiger partial charge on any atom is 0.258 e. The number of nitrogens with zero attached hydrogens (tertiary/aromatic N) is 1. The molecule has 160 valence electrons. The van der Waals surface area contributed by atoms with Gasteiger partial charge in [0.05, 0.1) is 0 Å². The van der Waals surface area contributed by atoms with Crippen LogP contribution in [0.3, 0.4) is 0 Å². The summed E-state index contributed by atoms with van der Waals surface area (Å²) in [6.07, 6.45) is -0.570. The molecule has 2 aliphatic rings. The number of piperidine rings is 1. The second-order valence-corrected chi connectivity index (χ2v) is 8.67. The van der Waals surface area contributed by atoms with Gasteiger partial charge in [0.1, 0.15) is 24.2 Å². The van der Waals surface area contributed by atoms with Gasteiger partial charge in [-0.2, -0.15) is 0 Å². The van der Waals surface area contributed by atoms with Crippen LogP contribution in [0.2, 0.25) is 10.0 Å². The maximum atomic E-state index is 12.1. The Balaban J connectivity index is 1.12. The van der Waals surface area contributed by atoms with Gasteiger partial charge in [-0.1, -0.05) is 23.2 Å². The topological polar surface area (TPSA) is 71.0 Å². The molecule has 1 saturated carbocycles. The van der Waals surface area contributed by atoms with Crippen molar-refractivity contribution in [3.05, 3.63) is 58.6 Å². The van der Waals surface area contributed by atoms with Crippen LogP contribution in [0.5, 0.6) is 11.5 Å². The van der Waals surface area contributed by atoms with E-state index in [1.807, 2.05) is 0 Å². The van der Waals surface area contributed by atoms with Gasteiger partial charge in [0.15, 0.2) is 6.61 Å². The van der Waals surface area contributed by atoms with E-state index in [-0.39, 0.29) is 25.2 Å². The number of halogens is 2. The first-order valence-electron chi connectivity index (χ1n) is 9.94. The van der Waals surface area contributed by atoms with Crippen molar-refractivity contribution in [1.82, 2.24) is 10.2 Å². The highest BCUT2D eigenvalue weighted by Crippen LogP contribution is 2.45. The highest BCUT2D eigenvalue weighted by Gasteiger charge is 2.56. The Kier molecular flexibility index (Phi) is 6.68. The number of amides is 1. The molecule has 4 atom stereocenters. The molecule has 8 heteroatoms. The van der Waals surface area contributed by atoms with E-state index in [1.165, 1.54) is 0 Å². The summed E-state index contributed by atoms with van der Waals surface area (Å²) in [5.74, 6) is 2.06. The molecule has 0 aromatic heterocycles. The third-order valence-corrected chi connectivity index (χ3v) is 6.01. The molecule has 2 aromatic carbocycles. The standard InChI is InChI=1S/C22H24Cl2N2O4/c23-14-1-5-17(6-2-14)29-12-16(27)9-26-10-19-20(11-26)22(19)25-21(28)13-30-18-7-3-15(24)4-8-18/h1-8,16,19-20,22,27H,9-13H2,(H,25,28)/t16?,19-,20+,22?. The molecule has 0 spiro atoms. The van der Waals surface area contributed by atoms with E-state index in [0.717, 1.165) is 13.1 Å². The van der Waals surface area contributed by atoms with Crippen LogP contribution in [0.1, 0.15) is 0 Å². The number of ether oxygens (including phenoxy) is 2. The second kappa shape index (κ2) is 9.43. The van der Waals surface area contributed by atoms with Gasteiger partial charge < -0.3 is 19.9 Å². The normalized spacial score (nSPS) is 23.5. The molecule has 2 aromatic rings. The predicted molar refractivity (Wildman–Crippen MR) is 115 cm³/mol. The number of fused-ring (bicyclic) bond motifs is 1. The molecular formula is C22H24Cl2N2O4. The SMILES string of the molecule is O=C(COc1ccc(Cl)cc1)NC1[C@H]2CN(CC(O)COc3ccc(Cl)cc3)C[C@@H]12. The monoisotopic (exact) mass is 450 g/mol. The summed E-state index contributed by atoms with van der Waals surface area (Å²) >= 11 is 11.7. The lowest BCUT2D eigenvalue weighted by Crippen LogP contribution is -2.40. The van der Waals surface area contributed by atoms with Crippen molar-refractivity contribution in [2.75, 3.05) is 32.8 Å². The maximum absolute atomic E-state index is 12.1. The van der Waals surface area contributed by atoms with Crippen molar-refractivity contribution in [2.24, 2.45) is 11.8 Å². The average molecular weight is 451 g/mol. The summed E-state index contributed by atoms with van der Waals surface area (Å²) in [5, 5.41) is 14.6. The van der Waals surface area contributed by atoms with Crippen molar-refractivity contribution < 1.29 is 19.4 Å². The first-order chi connectivity index (χ1) is 14.5. The minimum absolute atomic E-state index is 0.0119. The van der Waals surface area contributed by atoms with Crippen LogP contribution in [0.25, 0.3) is 0 Å². The van der Waals surface area contributed by atoms with Gasteiger partial charge in [-0.15, -0.1) is 0 Å². The molecular weight excluding hydrogens is 427 g/mol. The highest BCUT2D eigenvalue weighted by atomic mass is 35.5. The van der Waals surface area contributed by atoms with Crippen LogP contribution in [-0.4, -0.2) is 60.9 Å². The number of aliphatic hydroxyl groups is 1. The van der Waals surface area contributed by atoms with E-state index in [1.54, 1.807) is 48.5 Å². The Morgan fingerprint density at radius 3 is 2.10 bits per heavy atom. The molecule has 1 saturated heterocycles. The zero-order chi connectivity index (χ0) is 21.1. The molecule has 0 bridgehead atoms. The van der Waals surface area contributed by atoms with Crippen LogP contribution in [0.4, 0.5) is 0 Å². The summed E-state index contributed by atoms with van der Waals surface area (Å²) in [5.41, 5.74) is 0. The van der Waals surface area contributed by atoms with Crippen molar-refractivity contribution >= 4 is 29.1 Å². The van der Waals surface area contributed by atoms with Gasteiger partial charge in [-0.05, 0) is 60.4 Å². The summed E-state index contributed by atoms with van der Waals surface area (Å²) in [4.78, 5) is 14.3. The molecule has 30 heavy (non-hydrogen) atoms. The number of carbonyl (C=O) groups excluding carboxylic acids is 1. The second-order valence-electron chi connectivity index (χ2n) is 7.80. The van der Waals surface area contributed by atoms with Gasteiger partial charge in [0.25, 0.3) is 5.91 Å². The Bertz CT molecular complexity index is 850. The van der Waals surface area contributed by atoms with Crippen molar-refractivity contribution in [3.8, 4) is 11.5 Å². The zero-order valence-corrected chi connectivity index (χ0v) is 17.9. The third-order valence-electron chi connectivity index (χ3n) is 5.51. The smallest absolute Gasteiger partial charge is 0.258 e. The minimum Gasteiger partial charge on any atom is -0.491 e. The van der Waals surface area contributed by atoms with E-state index in [0.29, 0.717) is 39.9 Å². The first kappa shape index (κ1) is 21.2. The molecule has 1 aliphatic heterocycles. The number of benzene rings is 2. The molecule has 0 radical (unpaired) electrons. The van der Waals surface area contributed by atoms with E-state index in [4.69, 9.17) is 32.7 Å². The van der Waals surface area contributed by atoms with Gasteiger partial charge >= 0.3 is 0 Å². The van der Waals surface area contributed by atoms with Crippen LogP contribution in [-0.2, 0) is 4.79 Å². The molecule has 2 N–H and O–H groups in total. The van der Waals surface area contributed by atoms with E-state index >= 15 is 0 Å². The van der Waals surface area contributed by atoms with Gasteiger partial charge in [0, 0.05) is 35.7 Å². The van der Waals surface area contributed by atoms with Gasteiger partial charge in [-0.25, -0.2) is 0 Å². The summed E-state index contributed by atoms with van der Waals surface area (Å²) in [7, 11) is 0. The first-order valence-corrected chi connectivity index (χ1v) is 10.7. The van der Waals surface area contributed by atoms with Gasteiger partial charge in [0.2, 0.25) is 0 Å². The predicted octanol–water partition coefficient (Wildman–Crippen LogP) is 2.86. The number of hydrogen-bond acceptors (Lipinski definition) is 5. The number of hydrogen-bond donors (Lipinski definition) is 2.